The van der Waals surface area contributed by atoms with Crippen LogP contribution in [0.2, 0.25) is 0 Å². The van der Waals surface area contributed by atoms with Crippen molar-refractivity contribution in [2.24, 2.45) is 0 Å². The van der Waals surface area contributed by atoms with Gasteiger partial charge in [-0.1, -0.05) is 0 Å². The number of methoxy groups -OCH3 is 1. The molecule has 1 unspecified atom stereocenters. The van der Waals surface area contributed by atoms with E-state index in [-0.39, 0.29) is 18.7 Å². The first-order chi connectivity index (χ1) is 9.33. The third-order valence-corrected chi connectivity index (χ3v) is 3.39. The van der Waals surface area contributed by atoms with Crippen LogP contribution in [0.25, 0.3) is 0 Å². The van der Waals surface area contributed by atoms with Gasteiger partial charge < -0.3 is 24.4 Å². The fourth-order valence-electron chi connectivity index (χ4n) is 2.37. The number of carboxylic acid groups (broad SMARTS) is 1. The number of hydrogen-bond acceptors (Lipinski definition) is 4. The predicted molar refractivity (Wildman–Crippen MR) is 72.7 cm³/mol. The Hall–Kier alpha value is -1.34. The topological polar surface area (TPSA) is 79.3 Å². The standard InChI is InChI=1S/C13H24N2O5/c1-5-15(10(2)6-19-4)12(18)14-8-13(3,9-14)20-7-11(16)17/h10H,5-9H2,1-4H3,(H,16,17). The number of carbonyl (C=O) groups excluding carboxylic acids is 1. The van der Waals surface area contributed by atoms with Gasteiger partial charge in [-0.25, -0.2) is 9.59 Å². The molecular formula is C13H24N2O5. The van der Waals surface area contributed by atoms with Crippen molar-refractivity contribution in [1.82, 2.24) is 9.80 Å². The summed E-state index contributed by atoms with van der Waals surface area (Å²) in [5, 5.41) is 8.60. The molecular weight excluding hydrogens is 264 g/mol. The fourth-order valence-corrected chi connectivity index (χ4v) is 2.37. The number of ether oxygens (including phenoxy) is 2. The van der Waals surface area contributed by atoms with Gasteiger partial charge in [-0.15, -0.1) is 0 Å². The number of nitrogens with zero attached hydrogens (tertiary/aromatic N) is 2. The summed E-state index contributed by atoms with van der Waals surface area (Å²) in [5.41, 5.74) is -0.558. The van der Waals surface area contributed by atoms with Crippen molar-refractivity contribution in [3.8, 4) is 0 Å². The van der Waals surface area contributed by atoms with E-state index in [9.17, 15) is 9.59 Å². The fraction of sp³-hybridized carbons (Fsp3) is 0.846. The van der Waals surface area contributed by atoms with Crippen molar-refractivity contribution in [2.45, 2.75) is 32.4 Å². The van der Waals surface area contributed by atoms with Crippen LogP contribution in [-0.2, 0) is 14.3 Å². The van der Waals surface area contributed by atoms with Crippen LogP contribution in [0.3, 0.4) is 0 Å². The number of carboxylic acids is 1. The van der Waals surface area contributed by atoms with E-state index in [1.807, 2.05) is 20.8 Å². The average molecular weight is 288 g/mol. The highest BCUT2D eigenvalue weighted by Gasteiger charge is 2.44. The monoisotopic (exact) mass is 288 g/mol. The van der Waals surface area contributed by atoms with E-state index in [1.165, 1.54) is 0 Å². The van der Waals surface area contributed by atoms with Crippen LogP contribution >= 0.6 is 0 Å². The Balaban J connectivity index is 2.48. The number of likely N-dealkylation sites (tertiary alicyclic amines) is 1. The first-order valence-electron chi connectivity index (χ1n) is 6.73. The van der Waals surface area contributed by atoms with Crippen LogP contribution in [0.15, 0.2) is 0 Å². The van der Waals surface area contributed by atoms with Crippen LogP contribution < -0.4 is 0 Å². The minimum absolute atomic E-state index is 0.00398. The first-order valence-corrected chi connectivity index (χ1v) is 6.73. The molecule has 0 aromatic rings. The zero-order valence-electron chi connectivity index (χ0n) is 12.6. The Morgan fingerprint density at radius 1 is 1.45 bits per heavy atom. The Kier molecular flexibility index (Phi) is 5.76. The second-order valence-corrected chi connectivity index (χ2v) is 5.36. The maximum absolute atomic E-state index is 12.3. The highest BCUT2D eigenvalue weighted by Crippen LogP contribution is 2.26. The molecule has 0 aliphatic carbocycles. The summed E-state index contributed by atoms with van der Waals surface area (Å²) in [6, 6.07) is -0.0576. The van der Waals surface area contributed by atoms with E-state index >= 15 is 0 Å². The van der Waals surface area contributed by atoms with Crippen molar-refractivity contribution in [3.63, 3.8) is 0 Å². The number of rotatable bonds is 7. The lowest BCUT2D eigenvalue weighted by Crippen LogP contribution is -2.66. The van der Waals surface area contributed by atoms with Crippen molar-refractivity contribution >= 4 is 12.0 Å². The zero-order valence-corrected chi connectivity index (χ0v) is 12.6. The summed E-state index contributed by atoms with van der Waals surface area (Å²) >= 11 is 0. The molecule has 7 nitrogen and oxygen atoms in total. The largest absolute Gasteiger partial charge is 0.480 e. The van der Waals surface area contributed by atoms with Crippen molar-refractivity contribution < 1.29 is 24.2 Å². The maximum atomic E-state index is 12.3. The molecule has 0 saturated carbocycles. The van der Waals surface area contributed by atoms with Gasteiger partial charge in [0.05, 0.1) is 25.7 Å². The summed E-state index contributed by atoms with van der Waals surface area (Å²) in [4.78, 5) is 26.2. The molecule has 1 rings (SSSR count). The summed E-state index contributed by atoms with van der Waals surface area (Å²) in [6.45, 7) is 7.25. The molecule has 0 aromatic heterocycles. The van der Waals surface area contributed by atoms with Crippen LogP contribution in [0.1, 0.15) is 20.8 Å². The van der Waals surface area contributed by atoms with Crippen LogP contribution in [0.4, 0.5) is 4.79 Å². The molecule has 1 N–H and O–H groups in total. The minimum atomic E-state index is -1.00. The van der Waals surface area contributed by atoms with Gasteiger partial charge >= 0.3 is 12.0 Å². The smallest absolute Gasteiger partial charge is 0.329 e. The van der Waals surface area contributed by atoms with E-state index in [0.29, 0.717) is 26.2 Å². The SMILES string of the molecule is CCN(C(=O)N1CC(C)(OCC(=O)O)C1)C(C)COC. The summed E-state index contributed by atoms with van der Waals surface area (Å²) in [7, 11) is 1.61. The molecule has 1 aliphatic rings. The van der Waals surface area contributed by atoms with Crippen molar-refractivity contribution in [3.05, 3.63) is 0 Å². The van der Waals surface area contributed by atoms with E-state index in [1.54, 1.807) is 16.9 Å². The number of amides is 2. The Labute approximate surface area is 119 Å². The molecule has 7 heteroatoms. The number of aliphatic carboxylic acids is 1. The second kappa shape index (κ2) is 6.90. The number of likely N-dealkylation sites (N-methyl/N-ethyl adjacent to an activating group) is 1. The molecule has 0 aromatic carbocycles. The lowest BCUT2D eigenvalue weighted by Gasteiger charge is -2.49. The normalized spacial score (nSPS) is 18.3. The Bertz CT molecular complexity index is 355. The van der Waals surface area contributed by atoms with E-state index in [4.69, 9.17) is 14.6 Å². The van der Waals surface area contributed by atoms with Gasteiger partial charge in [0.25, 0.3) is 0 Å². The van der Waals surface area contributed by atoms with Gasteiger partial charge in [-0.05, 0) is 20.8 Å². The van der Waals surface area contributed by atoms with Gasteiger partial charge in [0.15, 0.2) is 0 Å². The molecule has 20 heavy (non-hydrogen) atoms. The highest BCUT2D eigenvalue weighted by molar-refractivity contribution is 5.76. The van der Waals surface area contributed by atoms with Gasteiger partial charge in [0.1, 0.15) is 12.2 Å². The summed E-state index contributed by atoms with van der Waals surface area (Å²) < 4.78 is 10.4. The molecule has 0 bridgehead atoms. The molecule has 1 atom stereocenters. The van der Waals surface area contributed by atoms with Crippen LogP contribution in [0, 0.1) is 0 Å². The van der Waals surface area contributed by atoms with Crippen LogP contribution in [0.5, 0.6) is 0 Å². The third-order valence-electron chi connectivity index (χ3n) is 3.39. The molecule has 116 valence electrons. The summed E-state index contributed by atoms with van der Waals surface area (Å²) in [5.74, 6) is -1.00. The quantitative estimate of drug-likeness (QED) is 0.743. The zero-order chi connectivity index (χ0) is 15.3. The maximum Gasteiger partial charge on any atom is 0.329 e. The van der Waals surface area contributed by atoms with E-state index in [0.717, 1.165) is 0 Å². The molecule has 1 heterocycles. The van der Waals surface area contributed by atoms with Crippen LogP contribution in [-0.4, -0.2) is 78.5 Å². The number of urea groups is 1. The molecule has 0 spiro atoms. The minimum Gasteiger partial charge on any atom is -0.480 e. The van der Waals surface area contributed by atoms with Gasteiger partial charge in [-0.2, -0.15) is 0 Å². The van der Waals surface area contributed by atoms with E-state index in [2.05, 4.69) is 0 Å². The van der Waals surface area contributed by atoms with Gasteiger partial charge in [0, 0.05) is 13.7 Å². The second-order valence-electron chi connectivity index (χ2n) is 5.36. The molecule has 1 fully saturated rings. The highest BCUT2D eigenvalue weighted by atomic mass is 16.5. The van der Waals surface area contributed by atoms with Gasteiger partial charge in [0.2, 0.25) is 0 Å². The lowest BCUT2D eigenvalue weighted by molar-refractivity contribution is -0.160. The summed E-state index contributed by atoms with van der Waals surface area (Å²) in [6.07, 6.45) is 0. The first kappa shape index (κ1) is 16.7. The lowest BCUT2D eigenvalue weighted by atomic mass is 9.97. The Morgan fingerprint density at radius 3 is 2.50 bits per heavy atom. The number of carbonyl (C=O) groups is 2. The van der Waals surface area contributed by atoms with Crippen molar-refractivity contribution in [2.75, 3.05) is 40.0 Å². The van der Waals surface area contributed by atoms with Crippen molar-refractivity contribution in [1.29, 1.82) is 0 Å². The molecule has 2 amide bonds. The van der Waals surface area contributed by atoms with E-state index < -0.39 is 11.6 Å². The predicted octanol–water partition coefficient (Wildman–Crippen LogP) is 0.639. The van der Waals surface area contributed by atoms with Gasteiger partial charge in [-0.3, -0.25) is 0 Å². The average Bonchev–Trinajstić information content (AvgIpc) is 2.34. The molecule has 1 aliphatic heterocycles. The number of hydrogen-bond donors (Lipinski definition) is 1. The molecule has 0 radical (unpaired) electrons. The third kappa shape index (κ3) is 4.08. The molecule has 1 saturated heterocycles. The Morgan fingerprint density at radius 2 is 2.05 bits per heavy atom.